The van der Waals surface area contributed by atoms with Crippen LogP contribution in [-0.2, 0) is 4.79 Å². The average molecular weight is 218 g/mol. The van der Waals surface area contributed by atoms with E-state index in [2.05, 4.69) is 5.32 Å². The second-order valence-corrected chi connectivity index (χ2v) is 3.52. The van der Waals surface area contributed by atoms with E-state index in [1.54, 1.807) is 7.11 Å². The van der Waals surface area contributed by atoms with Crippen LogP contribution in [0.5, 0.6) is 5.75 Å². The van der Waals surface area contributed by atoms with Gasteiger partial charge in [0.2, 0.25) is 5.91 Å². The van der Waals surface area contributed by atoms with Gasteiger partial charge in [-0.15, -0.1) is 0 Å². The van der Waals surface area contributed by atoms with Crippen molar-refractivity contribution in [3.63, 3.8) is 0 Å². The van der Waals surface area contributed by atoms with Gasteiger partial charge in [0.05, 0.1) is 13.2 Å². The number of ether oxygens (including phenoxy) is 1. The molecule has 0 spiro atoms. The molecule has 1 aromatic rings. The Hall–Kier alpha value is -2.02. The smallest absolute Gasteiger partial charge is 0.238 e. The van der Waals surface area contributed by atoms with Crippen LogP contribution in [0.4, 0.5) is 5.69 Å². The number of hydrogen-bond acceptors (Lipinski definition) is 3. The largest absolute Gasteiger partial charge is 0.496 e. The standard InChI is InChI=1S/C12H14N2O2/c1-8-7-11(16-3)9(2)6-10(8)14-12(15)4-5-13/h6-7H,4H2,1-3H3,(H,14,15). The van der Waals surface area contributed by atoms with Gasteiger partial charge >= 0.3 is 0 Å². The number of methoxy groups -OCH3 is 1. The summed E-state index contributed by atoms with van der Waals surface area (Å²) in [5, 5.41) is 11.1. The topological polar surface area (TPSA) is 62.1 Å². The Morgan fingerprint density at radius 2 is 2.12 bits per heavy atom. The van der Waals surface area contributed by atoms with Gasteiger partial charge < -0.3 is 10.1 Å². The first kappa shape index (κ1) is 12.1. The van der Waals surface area contributed by atoms with E-state index in [4.69, 9.17) is 10.00 Å². The van der Waals surface area contributed by atoms with E-state index in [1.807, 2.05) is 32.0 Å². The lowest BCUT2D eigenvalue weighted by Crippen LogP contribution is -2.11. The van der Waals surface area contributed by atoms with Gasteiger partial charge in [-0.3, -0.25) is 4.79 Å². The average Bonchev–Trinajstić information content (AvgIpc) is 2.23. The third-order valence-electron chi connectivity index (χ3n) is 2.26. The molecule has 1 aromatic carbocycles. The molecular formula is C12H14N2O2. The zero-order chi connectivity index (χ0) is 12.1. The third-order valence-corrected chi connectivity index (χ3v) is 2.26. The van der Waals surface area contributed by atoms with E-state index in [9.17, 15) is 4.79 Å². The van der Waals surface area contributed by atoms with Crippen molar-refractivity contribution >= 4 is 11.6 Å². The predicted octanol–water partition coefficient (Wildman–Crippen LogP) is 2.16. The number of nitrogens with zero attached hydrogens (tertiary/aromatic N) is 1. The van der Waals surface area contributed by atoms with Crippen molar-refractivity contribution in [1.29, 1.82) is 5.26 Å². The normalized spacial score (nSPS) is 9.38. The molecule has 0 aliphatic carbocycles. The summed E-state index contributed by atoms with van der Waals surface area (Å²) in [5.74, 6) is 0.492. The molecule has 0 aromatic heterocycles. The maximum absolute atomic E-state index is 11.3. The summed E-state index contributed by atoms with van der Waals surface area (Å²) in [6.45, 7) is 3.78. The number of amides is 1. The molecule has 1 N–H and O–H groups in total. The van der Waals surface area contributed by atoms with E-state index < -0.39 is 0 Å². The van der Waals surface area contributed by atoms with Crippen LogP contribution in [-0.4, -0.2) is 13.0 Å². The monoisotopic (exact) mass is 218 g/mol. The minimum atomic E-state index is -0.296. The maximum atomic E-state index is 11.3. The maximum Gasteiger partial charge on any atom is 0.238 e. The minimum Gasteiger partial charge on any atom is -0.496 e. The first-order chi connectivity index (χ1) is 7.58. The number of rotatable bonds is 3. The number of benzene rings is 1. The highest BCUT2D eigenvalue weighted by atomic mass is 16.5. The van der Waals surface area contributed by atoms with Gasteiger partial charge in [-0.25, -0.2) is 0 Å². The van der Waals surface area contributed by atoms with Gasteiger partial charge in [-0.2, -0.15) is 5.26 Å². The van der Waals surface area contributed by atoms with Crippen LogP contribution in [0.3, 0.4) is 0 Å². The summed E-state index contributed by atoms with van der Waals surface area (Å²) in [7, 11) is 1.61. The van der Waals surface area contributed by atoms with Crippen molar-refractivity contribution in [2.75, 3.05) is 12.4 Å². The molecular weight excluding hydrogens is 204 g/mol. The fraction of sp³-hybridized carbons (Fsp3) is 0.333. The SMILES string of the molecule is COc1cc(C)c(NC(=O)CC#N)cc1C. The quantitative estimate of drug-likeness (QED) is 0.845. The summed E-state index contributed by atoms with van der Waals surface area (Å²) < 4.78 is 5.17. The van der Waals surface area contributed by atoms with Crippen LogP contribution in [0, 0.1) is 25.2 Å². The first-order valence-corrected chi connectivity index (χ1v) is 4.90. The summed E-state index contributed by atoms with van der Waals surface area (Å²) in [6.07, 6.45) is -0.134. The van der Waals surface area contributed by atoms with Crippen molar-refractivity contribution in [3.8, 4) is 11.8 Å². The number of hydrogen-bond donors (Lipinski definition) is 1. The molecule has 0 saturated carbocycles. The third kappa shape index (κ3) is 2.74. The molecule has 16 heavy (non-hydrogen) atoms. The Bertz CT molecular complexity index is 447. The second kappa shape index (κ2) is 5.17. The second-order valence-electron chi connectivity index (χ2n) is 3.52. The molecule has 0 heterocycles. The Labute approximate surface area is 94.8 Å². The van der Waals surface area contributed by atoms with E-state index in [0.717, 1.165) is 22.6 Å². The predicted molar refractivity (Wildman–Crippen MR) is 61.3 cm³/mol. The zero-order valence-corrected chi connectivity index (χ0v) is 9.63. The van der Waals surface area contributed by atoms with Crippen LogP contribution in [0.25, 0.3) is 0 Å². The number of nitrogens with one attached hydrogen (secondary N) is 1. The number of carbonyl (C=O) groups is 1. The lowest BCUT2D eigenvalue weighted by atomic mass is 10.1. The highest BCUT2D eigenvalue weighted by Crippen LogP contribution is 2.25. The van der Waals surface area contributed by atoms with Crippen LogP contribution in [0.1, 0.15) is 17.5 Å². The number of anilines is 1. The van der Waals surface area contributed by atoms with Crippen molar-refractivity contribution in [2.45, 2.75) is 20.3 Å². The van der Waals surface area contributed by atoms with Crippen molar-refractivity contribution in [2.24, 2.45) is 0 Å². The highest BCUT2D eigenvalue weighted by molar-refractivity contribution is 5.93. The molecule has 0 aliphatic rings. The fourth-order valence-electron chi connectivity index (χ4n) is 1.41. The first-order valence-electron chi connectivity index (χ1n) is 4.90. The van der Waals surface area contributed by atoms with E-state index in [0.29, 0.717) is 0 Å². The number of carbonyl (C=O) groups excluding carboxylic acids is 1. The van der Waals surface area contributed by atoms with Gasteiger partial charge in [0.1, 0.15) is 12.2 Å². The zero-order valence-electron chi connectivity index (χ0n) is 9.63. The molecule has 0 aliphatic heterocycles. The molecule has 0 radical (unpaired) electrons. The highest BCUT2D eigenvalue weighted by Gasteiger charge is 2.07. The molecule has 1 amide bonds. The summed E-state index contributed by atoms with van der Waals surface area (Å²) >= 11 is 0. The van der Waals surface area contributed by atoms with E-state index in [-0.39, 0.29) is 12.3 Å². The van der Waals surface area contributed by atoms with Crippen LogP contribution in [0.2, 0.25) is 0 Å². The molecule has 0 bridgehead atoms. The van der Waals surface area contributed by atoms with Gasteiger partial charge in [-0.05, 0) is 37.1 Å². The Balaban J connectivity index is 2.94. The molecule has 4 heteroatoms. The van der Waals surface area contributed by atoms with Crippen LogP contribution in [0.15, 0.2) is 12.1 Å². The Kier molecular flexibility index (Phi) is 3.90. The Morgan fingerprint density at radius 1 is 1.44 bits per heavy atom. The lowest BCUT2D eigenvalue weighted by molar-refractivity contribution is -0.115. The molecule has 1 rings (SSSR count). The lowest BCUT2D eigenvalue weighted by Gasteiger charge is -2.11. The van der Waals surface area contributed by atoms with Crippen molar-refractivity contribution in [1.82, 2.24) is 0 Å². The Morgan fingerprint density at radius 3 is 2.69 bits per heavy atom. The molecule has 84 valence electrons. The summed E-state index contributed by atoms with van der Waals surface area (Å²) in [6, 6.07) is 5.50. The van der Waals surface area contributed by atoms with Gasteiger partial charge in [-0.1, -0.05) is 0 Å². The van der Waals surface area contributed by atoms with E-state index >= 15 is 0 Å². The number of nitriles is 1. The fourth-order valence-corrected chi connectivity index (χ4v) is 1.41. The molecule has 0 unspecified atom stereocenters. The van der Waals surface area contributed by atoms with Gasteiger partial charge in [0.15, 0.2) is 0 Å². The molecule has 0 atom stereocenters. The van der Waals surface area contributed by atoms with Crippen LogP contribution < -0.4 is 10.1 Å². The summed E-state index contributed by atoms with van der Waals surface area (Å²) in [5.41, 5.74) is 2.58. The molecule has 0 fully saturated rings. The minimum absolute atomic E-state index is 0.134. The van der Waals surface area contributed by atoms with E-state index in [1.165, 1.54) is 0 Å². The van der Waals surface area contributed by atoms with Gasteiger partial charge in [0.25, 0.3) is 0 Å². The van der Waals surface area contributed by atoms with Gasteiger partial charge in [0, 0.05) is 5.69 Å². The van der Waals surface area contributed by atoms with Crippen molar-refractivity contribution in [3.05, 3.63) is 23.3 Å². The number of aryl methyl sites for hydroxylation is 2. The molecule has 0 saturated heterocycles. The molecule has 4 nitrogen and oxygen atoms in total. The van der Waals surface area contributed by atoms with Crippen molar-refractivity contribution < 1.29 is 9.53 Å². The van der Waals surface area contributed by atoms with Crippen LogP contribution >= 0.6 is 0 Å². The summed E-state index contributed by atoms with van der Waals surface area (Å²) in [4.78, 5) is 11.3.